The van der Waals surface area contributed by atoms with Crippen LogP contribution >= 0.6 is 0 Å². The molecule has 0 spiro atoms. The summed E-state index contributed by atoms with van der Waals surface area (Å²) in [7, 11) is 0. The number of carbonyl (C=O) groups excluding carboxylic acids is 4. The first-order valence-electron chi connectivity index (χ1n) is 29.5. The fraction of sp³-hybridized carbons (Fsp3) is 0.262. The standard InChI is InChI=1S/C17H21N5O.C17H18N4O2.C16H19N5O.C15H15N5O/c1-3-20-16-13(15(19)23)8-12-11-6-4-5-7-14(11)22(9-10(2)18)17(12)21-16;18-15-11(16(19)23)8-10-9-4-1-2-5-12(9)21(17(10)20-15)13-6-3-7-14(13)22;1-8(17)9(2)21-13-6-4-3-5-10(13)11-7-12(15(19)22)14(18)20-16(11)21;16-13-11(14(17)21)5-10-9-3-1-2-4-12(9)20(15(10)19-13)8-6-18-7-8/h4-8,10H,3,9,18H2,1-2H3,(H2,19,23)(H,20,21);1-2,4-5,8,13-14,22H,3,6-7H2,(H2,18,20)(H2,19,23);3-9H,17H2,1-2H3,(H2,18,20)(H2,19,22);1-5,8,18H,6-7H2,(H2,16,19)(H2,17,21)/t10-;;8-,9?;/m0.0./s1. The van der Waals surface area contributed by atoms with Gasteiger partial charge in [-0.1, -0.05) is 72.8 Å². The number of para-hydroxylation sites is 4. The van der Waals surface area contributed by atoms with Gasteiger partial charge in [-0.05, 0) is 95.5 Å². The highest BCUT2D eigenvalue weighted by atomic mass is 16.3. The zero-order chi connectivity index (χ0) is 63.3. The maximum absolute atomic E-state index is 11.8. The number of benzene rings is 4. The Hall–Kier alpha value is -10.4. The number of nitrogens with zero attached hydrogens (tertiary/aromatic N) is 8. The topological polar surface area (TPSA) is 418 Å². The molecule has 21 N–H and O–H groups in total. The van der Waals surface area contributed by atoms with Crippen molar-refractivity contribution in [1.29, 1.82) is 0 Å². The average molecular weight is 1200 g/mol. The number of rotatable bonds is 12. The first-order valence-corrected chi connectivity index (χ1v) is 29.5. The minimum absolute atomic E-state index is 0.00536. The quantitative estimate of drug-likeness (QED) is 0.0597. The highest BCUT2D eigenvalue weighted by Gasteiger charge is 2.31. The zero-order valence-electron chi connectivity index (χ0n) is 49.8. The number of amides is 4. The lowest BCUT2D eigenvalue weighted by atomic mass is 10.1. The van der Waals surface area contributed by atoms with Gasteiger partial charge in [0.05, 0.1) is 62.5 Å². The molecule has 9 heterocycles. The number of primary amides is 4. The fourth-order valence-corrected chi connectivity index (χ4v) is 12.3. The molecule has 1 saturated carbocycles. The van der Waals surface area contributed by atoms with E-state index in [2.05, 4.69) is 54.9 Å². The lowest BCUT2D eigenvalue weighted by molar-refractivity contribution is 0.0992. The normalized spacial score (nSPS) is 15.9. The number of pyridine rings is 4. The number of nitrogen functional groups attached to an aromatic ring is 3. The highest BCUT2D eigenvalue weighted by Crippen LogP contribution is 2.40. The van der Waals surface area contributed by atoms with Crippen molar-refractivity contribution >= 4 is 135 Å². The molecule has 0 radical (unpaired) electrons. The fourth-order valence-electron chi connectivity index (χ4n) is 12.3. The van der Waals surface area contributed by atoms with Crippen LogP contribution < -0.4 is 62.2 Å². The van der Waals surface area contributed by atoms with Gasteiger partial charge in [-0.15, -0.1) is 0 Å². The van der Waals surface area contributed by atoms with Crippen molar-refractivity contribution in [2.24, 2.45) is 34.4 Å². The van der Waals surface area contributed by atoms with E-state index in [0.29, 0.717) is 41.8 Å². The molecule has 14 rings (SSSR count). The van der Waals surface area contributed by atoms with Crippen molar-refractivity contribution < 1.29 is 24.3 Å². The molecule has 3 unspecified atom stereocenters. The Labute approximate surface area is 510 Å². The molecule has 12 aromatic rings. The summed E-state index contributed by atoms with van der Waals surface area (Å²) in [4.78, 5) is 64.4. The summed E-state index contributed by atoms with van der Waals surface area (Å²) in [6.07, 6.45) is 2.27. The molecule has 4 amide bonds. The Morgan fingerprint density at radius 1 is 0.551 bits per heavy atom. The number of aromatic nitrogens is 8. The van der Waals surface area contributed by atoms with E-state index in [4.69, 9.17) is 51.6 Å². The van der Waals surface area contributed by atoms with E-state index in [1.54, 1.807) is 18.2 Å². The number of aliphatic hydroxyl groups excluding tert-OH is 1. The molecule has 458 valence electrons. The maximum atomic E-state index is 11.8. The third-order valence-electron chi connectivity index (χ3n) is 16.8. The Morgan fingerprint density at radius 3 is 1.42 bits per heavy atom. The molecule has 2 aliphatic rings. The predicted octanol–water partition coefficient (Wildman–Crippen LogP) is 6.82. The van der Waals surface area contributed by atoms with Crippen molar-refractivity contribution in [3.05, 3.63) is 144 Å². The van der Waals surface area contributed by atoms with Gasteiger partial charge < -0.3 is 85.6 Å². The van der Waals surface area contributed by atoms with E-state index in [0.717, 1.165) is 109 Å². The second-order valence-corrected chi connectivity index (χ2v) is 22.9. The van der Waals surface area contributed by atoms with Crippen LogP contribution in [0.4, 0.5) is 23.3 Å². The number of aliphatic hydroxyl groups is 1. The minimum atomic E-state index is -0.588. The molecular weight excluding hydrogens is 1130 g/mol. The number of nitrogens with two attached hydrogens (primary N) is 9. The first kappa shape index (κ1) is 60.3. The van der Waals surface area contributed by atoms with Gasteiger partial charge >= 0.3 is 0 Å². The van der Waals surface area contributed by atoms with E-state index >= 15 is 0 Å². The van der Waals surface area contributed by atoms with Crippen molar-refractivity contribution in [1.82, 2.24) is 43.5 Å². The smallest absolute Gasteiger partial charge is 0.252 e. The van der Waals surface area contributed by atoms with E-state index < -0.39 is 29.7 Å². The third kappa shape index (κ3) is 11.0. The van der Waals surface area contributed by atoms with Crippen molar-refractivity contribution in [3.8, 4) is 0 Å². The molecule has 2 fully saturated rings. The Balaban J connectivity index is 0.000000122. The van der Waals surface area contributed by atoms with Crippen molar-refractivity contribution in [2.45, 2.75) is 89.8 Å². The Kier molecular flexibility index (Phi) is 16.5. The van der Waals surface area contributed by atoms with Gasteiger partial charge in [-0.2, -0.15) is 0 Å². The SMILES string of the molecule is CC([C@H](C)N)n1c2ccccc2c2cc(C(N)=O)c(N)nc21.CCNc1nc2c(cc1C(N)=O)c1ccccc1n2C[C@H](C)N.NC(=O)c1cc2c3ccccc3n(C3CCCC3O)c2nc1N.NC(=O)c1cc2c3ccccc3n(C3CNC3)c2nc1N. The lowest BCUT2D eigenvalue weighted by Gasteiger charge is -2.29. The monoisotopic (exact) mass is 1200 g/mol. The molecule has 0 bridgehead atoms. The summed E-state index contributed by atoms with van der Waals surface area (Å²) in [6, 6.07) is 39.2. The number of carbonyl (C=O) groups is 4. The van der Waals surface area contributed by atoms with Crippen LogP contribution in [0.5, 0.6) is 0 Å². The van der Waals surface area contributed by atoms with Crippen molar-refractivity contribution in [3.63, 3.8) is 0 Å². The number of fused-ring (bicyclic) bond motifs is 12. The van der Waals surface area contributed by atoms with Crippen LogP contribution in [-0.4, -0.2) is 105 Å². The summed E-state index contributed by atoms with van der Waals surface area (Å²) < 4.78 is 8.42. The van der Waals surface area contributed by atoms with Gasteiger partial charge in [0.25, 0.3) is 23.6 Å². The van der Waals surface area contributed by atoms with Gasteiger partial charge in [0.15, 0.2) is 0 Å². The third-order valence-corrected chi connectivity index (χ3v) is 16.8. The Bertz CT molecular complexity index is 4770. The maximum Gasteiger partial charge on any atom is 0.252 e. The van der Waals surface area contributed by atoms with E-state index in [1.165, 1.54) is 0 Å². The van der Waals surface area contributed by atoms with Crippen LogP contribution in [-0.2, 0) is 6.54 Å². The highest BCUT2D eigenvalue weighted by molar-refractivity contribution is 6.14. The van der Waals surface area contributed by atoms with Crippen LogP contribution in [0, 0.1) is 0 Å². The number of hydrogen-bond donors (Lipinski definition) is 12. The van der Waals surface area contributed by atoms with Gasteiger partial charge in [0, 0.05) is 87.4 Å². The number of nitrogens with one attached hydrogen (secondary N) is 2. The summed E-state index contributed by atoms with van der Waals surface area (Å²) >= 11 is 0. The first-order chi connectivity index (χ1) is 42.7. The molecule has 1 aliphatic heterocycles. The van der Waals surface area contributed by atoms with Crippen LogP contribution in [0.15, 0.2) is 121 Å². The zero-order valence-corrected chi connectivity index (χ0v) is 49.8. The summed E-state index contributed by atoms with van der Waals surface area (Å²) in [5, 5.41) is 24.3. The Morgan fingerprint density at radius 2 is 0.966 bits per heavy atom. The molecule has 1 aliphatic carbocycles. The van der Waals surface area contributed by atoms with Gasteiger partial charge in [-0.3, -0.25) is 19.2 Å². The van der Waals surface area contributed by atoms with Crippen LogP contribution in [0.1, 0.15) is 107 Å². The number of anilines is 4. The average Bonchev–Trinajstić information content (AvgIpc) is 1.65. The number of hydrogen-bond acceptors (Lipinski definition) is 16. The molecule has 4 aromatic carbocycles. The van der Waals surface area contributed by atoms with E-state index in [9.17, 15) is 24.3 Å². The summed E-state index contributed by atoms with van der Waals surface area (Å²) in [5.41, 5.74) is 59.8. The molecule has 89 heavy (non-hydrogen) atoms. The van der Waals surface area contributed by atoms with E-state index in [-0.39, 0.29) is 58.3 Å². The van der Waals surface area contributed by atoms with E-state index in [1.807, 2.05) is 125 Å². The van der Waals surface area contributed by atoms with Gasteiger partial charge in [0.1, 0.15) is 45.9 Å². The minimum Gasteiger partial charge on any atom is -0.391 e. The van der Waals surface area contributed by atoms with Crippen molar-refractivity contribution in [2.75, 3.05) is 42.2 Å². The molecule has 24 nitrogen and oxygen atoms in total. The van der Waals surface area contributed by atoms with Gasteiger partial charge in [-0.25, -0.2) is 19.9 Å². The lowest BCUT2D eigenvalue weighted by Crippen LogP contribution is -2.43. The molecule has 5 atom stereocenters. The predicted molar refractivity (Wildman–Crippen MR) is 353 cm³/mol. The molecule has 1 saturated heterocycles. The van der Waals surface area contributed by atoms with Crippen LogP contribution in [0.25, 0.3) is 87.7 Å². The molecular formula is C65H73N19O5. The van der Waals surface area contributed by atoms with Gasteiger partial charge in [0.2, 0.25) is 0 Å². The summed E-state index contributed by atoms with van der Waals surface area (Å²) in [5.74, 6) is -1.24. The molecule has 24 heteroatoms. The largest absolute Gasteiger partial charge is 0.391 e. The second kappa shape index (κ2) is 24.4. The van der Waals surface area contributed by atoms with Crippen LogP contribution in [0.3, 0.4) is 0 Å². The summed E-state index contributed by atoms with van der Waals surface area (Å²) in [6.45, 7) is 11.0. The molecule has 8 aromatic heterocycles. The second-order valence-electron chi connectivity index (χ2n) is 22.9. The van der Waals surface area contributed by atoms with Crippen LogP contribution in [0.2, 0.25) is 0 Å².